The second-order valence-electron chi connectivity index (χ2n) is 6.13. The molecule has 19 heavy (non-hydrogen) atoms. The van der Waals surface area contributed by atoms with Gasteiger partial charge in [0.25, 0.3) is 5.91 Å². The summed E-state index contributed by atoms with van der Waals surface area (Å²) in [4.78, 5) is 20.1. The second-order valence-corrected chi connectivity index (χ2v) is 6.13. The van der Waals surface area contributed by atoms with Crippen LogP contribution in [0.25, 0.3) is 0 Å². The summed E-state index contributed by atoms with van der Waals surface area (Å²) in [5.74, 6) is 0.910. The summed E-state index contributed by atoms with van der Waals surface area (Å²) in [5.41, 5.74) is 3.44. The van der Waals surface area contributed by atoms with Gasteiger partial charge in [0, 0.05) is 31.9 Å². The van der Waals surface area contributed by atoms with E-state index in [1.54, 1.807) is 0 Å². The van der Waals surface area contributed by atoms with E-state index in [1.165, 1.54) is 17.7 Å². The Kier molecular flexibility index (Phi) is 3.35. The zero-order valence-corrected chi connectivity index (χ0v) is 11.9. The van der Waals surface area contributed by atoms with Gasteiger partial charge in [0.2, 0.25) is 0 Å². The minimum atomic E-state index is 0.176. The van der Waals surface area contributed by atoms with Crippen molar-refractivity contribution in [2.24, 2.45) is 5.92 Å². The Hall–Kier alpha value is -1.29. The van der Waals surface area contributed by atoms with Gasteiger partial charge in [-0.05, 0) is 43.9 Å². The Balaban J connectivity index is 1.74. The zero-order chi connectivity index (χ0) is 13.4. The van der Waals surface area contributed by atoms with Gasteiger partial charge in [-0.1, -0.05) is 6.92 Å². The number of carbonyl (C=O) groups is 1. The number of H-pyrrole nitrogens is 1. The maximum atomic E-state index is 12.5. The molecular formula is C15H23N3O. The highest BCUT2D eigenvalue weighted by Crippen LogP contribution is 2.26. The number of aromatic nitrogens is 1. The van der Waals surface area contributed by atoms with Crippen molar-refractivity contribution >= 4 is 5.91 Å². The average molecular weight is 261 g/mol. The predicted octanol–water partition coefficient (Wildman–Crippen LogP) is 1.53. The van der Waals surface area contributed by atoms with Gasteiger partial charge in [-0.15, -0.1) is 0 Å². The fraction of sp³-hybridized carbons (Fsp3) is 0.667. The van der Waals surface area contributed by atoms with Gasteiger partial charge in [-0.2, -0.15) is 0 Å². The first kappa shape index (κ1) is 12.7. The summed E-state index contributed by atoms with van der Waals surface area (Å²) in [7, 11) is 2.11. The topological polar surface area (TPSA) is 39.3 Å². The second kappa shape index (κ2) is 5.00. The van der Waals surface area contributed by atoms with Crippen LogP contribution < -0.4 is 0 Å². The molecule has 1 aliphatic heterocycles. The number of aryl methyl sites for hydroxylation is 1. The normalized spacial score (nSPS) is 24.3. The van der Waals surface area contributed by atoms with Gasteiger partial charge in [-0.3, -0.25) is 4.79 Å². The van der Waals surface area contributed by atoms with Gasteiger partial charge in [0.05, 0.1) is 0 Å². The highest BCUT2D eigenvalue weighted by atomic mass is 16.2. The third kappa shape index (κ3) is 2.54. The minimum absolute atomic E-state index is 0.176. The van der Waals surface area contributed by atoms with E-state index in [-0.39, 0.29) is 5.91 Å². The van der Waals surface area contributed by atoms with Crippen LogP contribution in [-0.4, -0.2) is 53.9 Å². The molecule has 3 rings (SSSR count). The number of nitrogens with one attached hydrogen (secondary N) is 1. The first-order valence-corrected chi connectivity index (χ1v) is 7.32. The van der Waals surface area contributed by atoms with E-state index in [1.807, 2.05) is 4.90 Å². The van der Waals surface area contributed by atoms with Crippen LogP contribution in [0.5, 0.6) is 0 Å². The highest BCUT2D eigenvalue weighted by Gasteiger charge is 2.24. The first-order chi connectivity index (χ1) is 9.13. The molecule has 4 nitrogen and oxygen atoms in total. The summed E-state index contributed by atoms with van der Waals surface area (Å²) < 4.78 is 0. The lowest BCUT2D eigenvalue weighted by atomic mass is 9.89. The van der Waals surface area contributed by atoms with Crippen molar-refractivity contribution in [1.82, 2.24) is 14.8 Å². The number of amides is 1. The Bertz CT molecular complexity index is 472. The van der Waals surface area contributed by atoms with Crippen LogP contribution in [0.1, 0.15) is 35.1 Å². The molecule has 0 spiro atoms. The van der Waals surface area contributed by atoms with Gasteiger partial charge < -0.3 is 14.8 Å². The van der Waals surface area contributed by atoms with Crippen LogP contribution in [0.4, 0.5) is 0 Å². The third-order valence-corrected chi connectivity index (χ3v) is 4.47. The molecule has 1 saturated heterocycles. The van der Waals surface area contributed by atoms with Crippen LogP contribution in [0.3, 0.4) is 0 Å². The van der Waals surface area contributed by atoms with Crippen LogP contribution in [0.2, 0.25) is 0 Å². The summed E-state index contributed by atoms with van der Waals surface area (Å²) in [5, 5.41) is 0. The molecule has 104 valence electrons. The van der Waals surface area contributed by atoms with Crippen molar-refractivity contribution in [3.05, 3.63) is 23.0 Å². The molecule has 2 heterocycles. The van der Waals surface area contributed by atoms with Crippen molar-refractivity contribution in [3.63, 3.8) is 0 Å². The lowest BCUT2D eigenvalue weighted by molar-refractivity contribution is 0.0658. The van der Waals surface area contributed by atoms with E-state index in [0.29, 0.717) is 0 Å². The monoisotopic (exact) mass is 261 g/mol. The van der Waals surface area contributed by atoms with Crippen LogP contribution in [-0.2, 0) is 12.8 Å². The Morgan fingerprint density at radius 3 is 2.79 bits per heavy atom. The number of likely N-dealkylation sites (N-methyl/N-ethyl adjacent to an activating group) is 1. The van der Waals surface area contributed by atoms with E-state index in [0.717, 1.165) is 50.6 Å². The minimum Gasteiger partial charge on any atom is -0.354 e. The Labute approximate surface area is 114 Å². The van der Waals surface area contributed by atoms with Gasteiger partial charge in [0.1, 0.15) is 5.69 Å². The van der Waals surface area contributed by atoms with Crippen molar-refractivity contribution in [2.45, 2.75) is 26.2 Å². The quantitative estimate of drug-likeness (QED) is 0.832. The smallest absolute Gasteiger partial charge is 0.270 e. The molecule has 1 fully saturated rings. The SMILES string of the molecule is CC1CCc2cc(C(=O)N3CCN(C)CC3)[nH]c2C1. The molecule has 0 saturated carbocycles. The maximum Gasteiger partial charge on any atom is 0.270 e. The van der Waals surface area contributed by atoms with Crippen molar-refractivity contribution in [2.75, 3.05) is 33.2 Å². The maximum absolute atomic E-state index is 12.5. The summed E-state index contributed by atoms with van der Waals surface area (Å²) in [6.07, 6.45) is 3.45. The van der Waals surface area contributed by atoms with E-state index in [9.17, 15) is 4.79 Å². The van der Waals surface area contributed by atoms with Gasteiger partial charge in [-0.25, -0.2) is 0 Å². The molecule has 1 amide bonds. The molecule has 1 N–H and O–H groups in total. The van der Waals surface area contributed by atoms with Gasteiger partial charge in [0.15, 0.2) is 0 Å². The number of rotatable bonds is 1. The standard InChI is InChI=1S/C15H23N3O/c1-11-3-4-12-10-14(16-13(12)9-11)15(19)18-7-5-17(2)6-8-18/h10-11,16H,3-9H2,1-2H3. The van der Waals surface area contributed by atoms with E-state index < -0.39 is 0 Å². The molecule has 4 heteroatoms. The summed E-state index contributed by atoms with van der Waals surface area (Å²) in [6, 6.07) is 2.09. The number of nitrogens with zero attached hydrogens (tertiary/aromatic N) is 2. The summed E-state index contributed by atoms with van der Waals surface area (Å²) >= 11 is 0. The zero-order valence-electron chi connectivity index (χ0n) is 11.9. The third-order valence-electron chi connectivity index (χ3n) is 4.47. The van der Waals surface area contributed by atoms with E-state index in [4.69, 9.17) is 0 Å². The summed E-state index contributed by atoms with van der Waals surface area (Å²) in [6.45, 7) is 5.92. The van der Waals surface area contributed by atoms with Crippen molar-refractivity contribution in [3.8, 4) is 0 Å². The molecule has 2 aliphatic rings. The molecule has 0 radical (unpaired) electrons. The van der Waals surface area contributed by atoms with Crippen LogP contribution in [0, 0.1) is 5.92 Å². The molecule has 0 aromatic carbocycles. The molecule has 1 aromatic heterocycles. The molecule has 0 bridgehead atoms. The highest BCUT2D eigenvalue weighted by molar-refractivity contribution is 5.93. The number of piperazine rings is 1. The lowest BCUT2D eigenvalue weighted by Crippen LogP contribution is -2.47. The van der Waals surface area contributed by atoms with E-state index in [2.05, 4.69) is 29.9 Å². The lowest BCUT2D eigenvalue weighted by Gasteiger charge is -2.32. The number of hydrogen-bond donors (Lipinski definition) is 1. The fourth-order valence-corrected chi connectivity index (χ4v) is 3.09. The molecule has 1 unspecified atom stereocenters. The molecule has 1 aromatic rings. The average Bonchev–Trinajstić information content (AvgIpc) is 2.81. The molecule has 1 aliphatic carbocycles. The predicted molar refractivity (Wildman–Crippen MR) is 75.4 cm³/mol. The number of aromatic amines is 1. The largest absolute Gasteiger partial charge is 0.354 e. The van der Waals surface area contributed by atoms with Crippen LogP contribution in [0.15, 0.2) is 6.07 Å². The Morgan fingerprint density at radius 2 is 2.05 bits per heavy atom. The molecular weight excluding hydrogens is 238 g/mol. The first-order valence-electron chi connectivity index (χ1n) is 7.32. The molecule has 1 atom stereocenters. The van der Waals surface area contributed by atoms with Crippen molar-refractivity contribution < 1.29 is 4.79 Å². The van der Waals surface area contributed by atoms with Gasteiger partial charge >= 0.3 is 0 Å². The Morgan fingerprint density at radius 1 is 1.32 bits per heavy atom. The van der Waals surface area contributed by atoms with Crippen molar-refractivity contribution in [1.29, 1.82) is 0 Å². The van der Waals surface area contributed by atoms with Crippen LogP contribution >= 0.6 is 0 Å². The van der Waals surface area contributed by atoms with E-state index >= 15 is 0 Å². The number of carbonyl (C=O) groups excluding carboxylic acids is 1. The number of fused-ring (bicyclic) bond motifs is 1. The fourth-order valence-electron chi connectivity index (χ4n) is 3.09. The number of hydrogen-bond acceptors (Lipinski definition) is 2.